The van der Waals surface area contributed by atoms with Gasteiger partial charge in [0.25, 0.3) is 5.56 Å². The summed E-state index contributed by atoms with van der Waals surface area (Å²) in [7, 11) is 3.06. The van der Waals surface area contributed by atoms with Crippen LogP contribution in [0.1, 0.15) is 19.8 Å². The molecule has 3 heterocycles. The standard InChI is InChI=1S/C13H19N5O3/c1-7-6-8(4-5-21-7)14-12-15-9-10(16-12)17(2)13(20)18(3)11(9)19/h7-8H,4-6H2,1-3H3,(H2,14,15,16). The molecule has 2 N–H and O–H groups in total. The summed E-state index contributed by atoms with van der Waals surface area (Å²) in [6, 6.07) is 0.246. The van der Waals surface area contributed by atoms with Crippen molar-refractivity contribution in [2.75, 3.05) is 11.9 Å². The molecule has 1 saturated heterocycles. The van der Waals surface area contributed by atoms with E-state index in [2.05, 4.69) is 15.3 Å². The second kappa shape index (κ2) is 5.03. The van der Waals surface area contributed by atoms with E-state index in [1.807, 2.05) is 6.92 Å². The van der Waals surface area contributed by atoms with Gasteiger partial charge in [0.15, 0.2) is 11.2 Å². The lowest BCUT2D eigenvalue weighted by atomic mass is 10.0. The van der Waals surface area contributed by atoms with Crippen LogP contribution in [-0.4, -0.2) is 37.9 Å². The number of nitrogens with one attached hydrogen (secondary N) is 2. The zero-order valence-electron chi connectivity index (χ0n) is 12.3. The van der Waals surface area contributed by atoms with Gasteiger partial charge in [-0.1, -0.05) is 0 Å². The molecule has 2 aromatic rings. The van der Waals surface area contributed by atoms with E-state index in [0.717, 1.165) is 17.4 Å². The first-order valence-corrected chi connectivity index (χ1v) is 7.01. The highest BCUT2D eigenvalue weighted by molar-refractivity contribution is 5.72. The molecule has 2 atom stereocenters. The van der Waals surface area contributed by atoms with E-state index in [9.17, 15) is 9.59 Å². The summed E-state index contributed by atoms with van der Waals surface area (Å²) in [6.07, 6.45) is 1.98. The number of hydrogen-bond donors (Lipinski definition) is 2. The number of anilines is 1. The minimum atomic E-state index is -0.384. The van der Waals surface area contributed by atoms with Crippen molar-refractivity contribution in [2.45, 2.75) is 31.9 Å². The van der Waals surface area contributed by atoms with Gasteiger partial charge in [0.2, 0.25) is 5.95 Å². The Morgan fingerprint density at radius 3 is 2.81 bits per heavy atom. The zero-order valence-corrected chi connectivity index (χ0v) is 12.3. The molecule has 8 nitrogen and oxygen atoms in total. The van der Waals surface area contributed by atoms with Gasteiger partial charge >= 0.3 is 5.69 Å². The van der Waals surface area contributed by atoms with Crippen LogP contribution in [0, 0.1) is 0 Å². The molecule has 0 spiro atoms. The molecule has 1 fully saturated rings. The van der Waals surface area contributed by atoms with Crippen molar-refractivity contribution in [1.29, 1.82) is 0 Å². The predicted molar refractivity (Wildman–Crippen MR) is 78.6 cm³/mol. The minimum absolute atomic E-state index is 0.206. The van der Waals surface area contributed by atoms with Crippen molar-refractivity contribution in [3.05, 3.63) is 20.8 Å². The van der Waals surface area contributed by atoms with Gasteiger partial charge in [-0.3, -0.25) is 13.9 Å². The molecule has 114 valence electrons. The summed E-state index contributed by atoms with van der Waals surface area (Å²) >= 11 is 0. The highest BCUT2D eigenvalue weighted by atomic mass is 16.5. The molecule has 0 bridgehead atoms. The number of hydrogen-bond acceptors (Lipinski definition) is 5. The van der Waals surface area contributed by atoms with Crippen LogP contribution in [0.2, 0.25) is 0 Å². The Hall–Kier alpha value is -2.09. The van der Waals surface area contributed by atoms with E-state index >= 15 is 0 Å². The van der Waals surface area contributed by atoms with Gasteiger partial charge in [-0.2, -0.15) is 4.98 Å². The molecule has 2 unspecified atom stereocenters. The molecule has 0 aromatic carbocycles. The molecular formula is C13H19N5O3. The lowest BCUT2D eigenvalue weighted by Gasteiger charge is -2.27. The Bertz CT molecular complexity index is 787. The summed E-state index contributed by atoms with van der Waals surface area (Å²) in [4.78, 5) is 31.3. The summed E-state index contributed by atoms with van der Waals surface area (Å²) in [6.45, 7) is 2.74. The molecule has 0 amide bonds. The smallest absolute Gasteiger partial charge is 0.332 e. The van der Waals surface area contributed by atoms with Gasteiger partial charge < -0.3 is 15.0 Å². The van der Waals surface area contributed by atoms with Crippen LogP contribution < -0.4 is 16.6 Å². The predicted octanol–water partition coefficient (Wildman–Crippen LogP) is -0.0603. The SMILES string of the molecule is CC1CC(Nc2nc3c([nH]2)c(=O)n(C)c(=O)n3C)CCO1. The van der Waals surface area contributed by atoms with Crippen LogP contribution >= 0.6 is 0 Å². The number of aryl methyl sites for hydroxylation is 1. The van der Waals surface area contributed by atoms with Crippen LogP contribution in [0.4, 0.5) is 5.95 Å². The number of rotatable bonds is 2. The highest BCUT2D eigenvalue weighted by Gasteiger charge is 2.21. The normalized spacial score (nSPS) is 22.6. The lowest BCUT2D eigenvalue weighted by Crippen LogP contribution is -2.36. The third-order valence-electron chi connectivity index (χ3n) is 3.92. The van der Waals surface area contributed by atoms with Crippen LogP contribution in [-0.2, 0) is 18.8 Å². The summed E-state index contributed by atoms with van der Waals surface area (Å²) in [5.41, 5.74) is -0.0489. The molecule has 21 heavy (non-hydrogen) atoms. The maximum Gasteiger partial charge on any atom is 0.332 e. The number of ether oxygens (including phenoxy) is 1. The molecule has 8 heteroatoms. The Morgan fingerprint density at radius 2 is 2.10 bits per heavy atom. The van der Waals surface area contributed by atoms with Crippen molar-refractivity contribution in [2.24, 2.45) is 14.1 Å². The summed E-state index contributed by atoms with van der Waals surface area (Å²) in [5.74, 6) is 0.516. The van der Waals surface area contributed by atoms with Crippen LogP contribution in [0.3, 0.4) is 0 Å². The van der Waals surface area contributed by atoms with E-state index in [-0.39, 0.29) is 23.4 Å². The molecular weight excluding hydrogens is 274 g/mol. The van der Waals surface area contributed by atoms with Crippen molar-refractivity contribution >= 4 is 17.1 Å². The first-order chi connectivity index (χ1) is 9.97. The average molecular weight is 293 g/mol. The van der Waals surface area contributed by atoms with Gasteiger partial charge in [-0.25, -0.2) is 4.79 Å². The van der Waals surface area contributed by atoms with E-state index in [1.54, 1.807) is 7.05 Å². The number of H-pyrrole nitrogens is 1. The molecule has 0 radical (unpaired) electrons. The van der Waals surface area contributed by atoms with Crippen LogP contribution in [0.25, 0.3) is 11.2 Å². The number of imidazole rings is 1. The van der Waals surface area contributed by atoms with Gasteiger partial charge in [0, 0.05) is 26.7 Å². The monoisotopic (exact) mass is 293 g/mol. The minimum Gasteiger partial charge on any atom is -0.378 e. The number of fused-ring (bicyclic) bond motifs is 1. The van der Waals surface area contributed by atoms with Gasteiger partial charge in [-0.05, 0) is 19.8 Å². The van der Waals surface area contributed by atoms with E-state index in [4.69, 9.17) is 4.74 Å². The van der Waals surface area contributed by atoms with Crippen molar-refractivity contribution in [3.8, 4) is 0 Å². The van der Waals surface area contributed by atoms with E-state index in [1.165, 1.54) is 11.6 Å². The fraction of sp³-hybridized carbons (Fsp3) is 0.615. The molecule has 1 aliphatic rings. The Kier molecular flexibility index (Phi) is 3.32. The number of aromatic amines is 1. The fourth-order valence-corrected chi connectivity index (χ4v) is 2.72. The molecule has 2 aromatic heterocycles. The summed E-state index contributed by atoms with van der Waals surface area (Å²) in [5, 5.41) is 3.28. The van der Waals surface area contributed by atoms with Crippen LogP contribution in [0.5, 0.6) is 0 Å². The lowest BCUT2D eigenvalue weighted by molar-refractivity contribution is 0.0231. The third kappa shape index (κ3) is 2.35. The number of aromatic nitrogens is 4. The molecule has 0 aliphatic carbocycles. The second-order valence-electron chi connectivity index (χ2n) is 5.54. The molecule has 0 saturated carbocycles. The molecule has 3 rings (SSSR count). The van der Waals surface area contributed by atoms with Crippen molar-refractivity contribution in [1.82, 2.24) is 19.1 Å². The zero-order chi connectivity index (χ0) is 15.1. The van der Waals surface area contributed by atoms with E-state index < -0.39 is 0 Å². The van der Waals surface area contributed by atoms with Crippen LogP contribution in [0.15, 0.2) is 9.59 Å². The Labute approximate surface area is 120 Å². The topological polar surface area (TPSA) is 93.9 Å². The molecule has 1 aliphatic heterocycles. The van der Waals surface area contributed by atoms with Crippen molar-refractivity contribution in [3.63, 3.8) is 0 Å². The highest BCUT2D eigenvalue weighted by Crippen LogP contribution is 2.18. The van der Waals surface area contributed by atoms with Gasteiger partial charge in [-0.15, -0.1) is 0 Å². The average Bonchev–Trinajstić information content (AvgIpc) is 2.87. The maximum atomic E-state index is 12.1. The van der Waals surface area contributed by atoms with Gasteiger partial charge in [0.1, 0.15) is 0 Å². The Morgan fingerprint density at radius 1 is 1.33 bits per heavy atom. The maximum absolute atomic E-state index is 12.1. The summed E-state index contributed by atoms with van der Waals surface area (Å²) < 4.78 is 7.94. The second-order valence-corrected chi connectivity index (χ2v) is 5.54. The first kappa shape index (κ1) is 13.9. The number of nitrogens with zero attached hydrogens (tertiary/aromatic N) is 3. The van der Waals surface area contributed by atoms with E-state index in [0.29, 0.717) is 23.7 Å². The first-order valence-electron chi connectivity index (χ1n) is 7.01. The largest absolute Gasteiger partial charge is 0.378 e. The fourth-order valence-electron chi connectivity index (χ4n) is 2.72. The van der Waals surface area contributed by atoms with Gasteiger partial charge in [0.05, 0.1) is 6.10 Å². The van der Waals surface area contributed by atoms with Crippen molar-refractivity contribution < 1.29 is 4.74 Å². The third-order valence-corrected chi connectivity index (χ3v) is 3.92. The Balaban J connectivity index is 1.98. The quantitative estimate of drug-likeness (QED) is 0.809.